The normalized spacial score (nSPS) is 10.9. The fourth-order valence-electron chi connectivity index (χ4n) is 4.34. The summed E-state index contributed by atoms with van der Waals surface area (Å²) < 4.78 is 1.68. The average molecular weight is 474 g/mol. The van der Waals surface area contributed by atoms with Gasteiger partial charge >= 0.3 is 0 Å². The number of anilines is 1. The summed E-state index contributed by atoms with van der Waals surface area (Å²) in [6, 6.07) is 33.6. The highest BCUT2D eigenvalue weighted by atomic mass is 16.1. The van der Waals surface area contributed by atoms with E-state index in [2.05, 4.69) is 34.6 Å². The van der Waals surface area contributed by atoms with E-state index in [0.717, 1.165) is 22.3 Å². The number of fused-ring (bicyclic) bond motifs is 1. The number of carbonyl (C=O) groups is 1. The number of hydrogen-bond acceptors (Lipinski definition) is 3. The number of aromatic nitrogens is 2. The molecule has 0 saturated carbocycles. The SMILES string of the molecule is Cc1nc2ccc(NC(=O)CCc3ccccc3)cc2c(=O)n1Cc1ccc(-c2ccccc2)cc1. The molecule has 5 nitrogen and oxygen atoms in total. The Kier molecular flexibility index (Phi) is 6.72. The molecule has 0 aliphatic carbocycles. The number of benzene rings is 4. The van der Waals surface area contributed by atoms with E-state index in [1.165, 1.54) is 0 Å². The van der Waals surface area contributed by atoms with Crippen molar-refractivity contribution in [2.75, 3.05) is 5.32 Å². The molecule has 5 heteroatoms. The predicted molar refractivity (Wildman–Crippen MR) is 145 cm³/mol. The summed E-state index contributed by atoms with van der Waals surface area (Å²) in [6.07, 6.45) is 1.04. The first-order valence-corrected chi connectivity index (χ1v) is 12.1. The topological polar surface area (TPSA) is 64.0 Å². The summed E-state index contributed by atoms with van der Waals surface area (Å²) >= 11 is 0. The van der Waals surface area contributed by atoms with Crippen LogP contribution in [0.5, 0.6) is 0 Å². The maximum Gasteiger partial charge on any atom is 0.261 e. The molecular formula is C31H27N3O2. The van der Waals surface area contributed by atoms with Crippen LogP contribution in [0.3, 0.4) is 0 Å². The lowest BCUT2D eigenvalue weighted by Crippen LogP contribution is -2.24. The molecule has 1 heterocycles. The van der Waals surface area contributed by atoms with Gasteiger partial charge in [0.15, 0.2) is 0 Å². The van der Waals surface area contributed by atoms with E-state index in [-0.39, 0.29) is 11.5 Å². The molecule has 1 N–H and O–H groups in total. The summed E-state index contributed by atoms with van der Waals surface area (Å²) in [5.41, 5.74) is 5.52. The Labute approximate surface area is 210 Å². The van der Waals surface area contributed by atoms with Crippen LogP contribution in [0.2, 0.25) is 0 Å². The molecule has 0 aliphatic heterocycles. The van der Waals surface area contributed by atoms with Crippen molar-refractivity contribution in [3.63, 3.8) is 0 Å². The maximum atomic E-state index is 13.4. The average Bonchev–Trinajstić information content (AvgIpc) is 2.92. The van der Waals surface area contributed by atoms with E-state index in [4.69, 9.17) is 0 Å². The van der Waals surface area contributed by atoms with Gasteiger partial charge in [-0.15, -0.1) is 0 Å². The van der Waals surface area contributed by atoms with E-state index < -0.39 is 0 Å². The van der Waals surface area contributed by atoms with Gasteiger partial charge in [-0.05, 0) is 53.8 Å². The summed E-state index contributed by atoms with van der Waals surface area (Å²) in [6.45, 7) is 2.27. The van der Waals surface area contributed by atoms with Crippen molar-refractivity contribution in [3.05, 3.63) is 130 Å². The zero-order valence-electron chi connectivity index (χ0n) is 20.1. The first-order valence-electron chi connectivity index (χ1n) is 12.1. The van der Waals surface area contributed by atoms with E-state index in [0.29, 0.717) is 41.8 Å². The van der Waals surface area contributed by atoms with Crippen molar-refractivity contribution in [3.8, 4) is 11.1 Å². The molecule has 36 heavy (non-hydrogen) atoms. The van der Waals surface area contributed by atoms with Crippen LogP contribution in [0.25, 0.3) is 22.0 Å². The van der Waals surface area contributed by atoms with Gasteiger partial charge in [-0.1, -0.05) is 84.9 Å². The minimum Gasteiger partial charge on any atom is -0.326 e. The van der Waals surface area contributed by atoms with Crippen LogP contribution in [-0.2, 0) is 17.8 Å². The highest BCUT2D eigenvalue weighted by Gasteiger charge is 2.11. The Morgan fingerprint density at radius 3 is 2.19 bits per heavy atom. The van der Waals surface area contributed by atoms with Gasteiger partial charge in [0, 0.05) is 12.1 Å². The van der Waals surface area contributed by atoms with Crippen molar-refractivity contribution in [2.45, 2.75) is 26.3 Å². The number of aryl methyl sites for hydroxylation is 2. The fraction of sp³-hybridized carbons (Fsp3) is 0.129. The van der Waals surface area contributed by atoms with Crippen LogP contribution in [0.15, 0.2) is 108 Å². The largest absolute Gasteiger partial charge is 0.326 e. The number of nitrogens with one attached hydrogen (secondary N) is 1. The second kappa shape index (κ2) is 10.4. The van der Waals surface area contributed by atoms with Crippen molar-refractivity contribution in [1.29, 1.82) is 0 Å². The van der Waals surface area contributed by atoms with E-state index in [9.17, 15) is 9.59 Å². The molecule has 0 unspecified atom stereocenters. The molecule has 0 aliphatic rings. The van der Waals surface area contributed by atoms with Crippen molar-refractivity contribution < 1.29 is 4.79 Å². The molecule has 4 aromatic carbocycles. The lowest BCUT2D eigenvalue weighted by atomic mass is 10.0. The Bertz CT molecular complexity index is 1560. The molecule has 1 aromatic heterocycles. The Hall–Kier alpha value is -4.51. The molecule has 1 amide bonds. The summed E-state index contributed by atoms with van der Waals surface area (Å²) in [5.74, 6) is 0.566. The van der Waals surface area contributed by atoms with Crippen LogP contribution in [0.4, 0.5) is 5.69 Å². The Morgan fingerprint density at radius 1 is 0.806 bits per heavy atom. The highest BCUT2D eigenvalue weighted by molar-refractivity contribution is 5.93. The third kappa shape index (κ3) is 5.26. The van der Waals surface area contributed by atoms with Crippen molar-refractivity contribution in [1.82, 2.24) is 9.55 Å². The monoisotopic (exact) mass is 473 g/mol. The number of rotatable bonds is 7. The Morgan fingerprint density at radius 2 is 1.47 bits per heavy atom. The van der Waals surface area contributed by atoms with Gasteiger partial charge in [0.25, 0.3) is 5.56 Å². The molecule has 0 atom stereocenters. The standard InChI is InChI=1S/C31H27N3O2/c1-22-32-29-18-17-27(33-30(35)19-14-23-8-4-2-5-9-23)20-28(29)31(36)34(22)21-24-12-15-26(16-13-24)25-10-6-3-7-11-25/h2-13,15-18,20H,14,19,21H2,1H3,(H,33,35). The molecule has 0 bridgehead atoms. The number of hydrogen-bond donors (Lipinski definition) is 1. The smallest absolute Gasteiger partial charge is 0.261 e. The second-order valence-electron chi connectivity index (χ2n) is 8.88. The molecule has 0 saturated heterocycles. The first-order chi connectivity index (χ1) is 17.6. The van der Waals surface area contributed by atoms with Gasteiger partial charge in [0.05, 0.1) is 17.4 Å². The lowest BCUT2D eigenvalue weighted by molar-refractivity contribution is -0.116. The van der Waals surface area contributed by atoms with E-state index in [1.54, 1.807) is 22.8 Å². The van der Waals surface area contributed by atoms with Crippen LogP contribution in [-0.4, -0.2) is 15.5 Å². The number of carbonyl (C=O) groups excluding carboxylic acids is 1. The summed E-state index contributed by atoms with van der Waals surface area (Å²) in [4.78, 5) is 30.5. The van der Waals surface area contributed by atoms with Gasteiger partial charge < -0.3 is 5.32 Å². The predicted octanol–water partition coefficient (Wildman–Crippen LogP) is 5.99. The number of amides is 1. The van der Waals surface area contributed by atoms with Crippen molar-refractivity contribution >= 4 is 22.5 Å². The van der Waals surface area contributed by atoms with Crippen LogP contribution in [0.1, 0.15) is 23.4 Å². The molecule has 5 aromatic rings. The van der Waals surface area contributed by atoms with Gasteiger partial charge in [0.1, 0.15) is 5.82 Å². The highest BCUT2D eigenvalue weighted by Crippen LogP contribution is 2.20. The van der Waals surface area contributed by atoms with Crippen LogP contribution >= 0.6 is 0 Å². The molecule has 178 valence electrons. The molecular weight excluding hydrogens is 446 g/mol. The lowest BCUT2D eigenvalue weighted by Gasteiger charge is -2.13. The minimum absolute atomic E-state index is 0.0860. The van der Waals surface area contributed by atoms with Crippen molar-refractivity contribution in [2.24, 2.45) is 0 Å². The van der Waals surface area contributed by atoms with Crippen LogP contribution in [0, 0.1) is 6.92 Å². The third-order valence-electron chi connectivity index (χ3n) is 6.31. The van der Waals surface area contributed by atoms with E-state index >= 15 is 0 Å². The zero-order chi connectivity index (χ0) is 24.9. The zero-order valence-corrected chi connectivity index (χ0v) is 20.1. The second-order valence-corrected chi connectivity index (χ2v) is 8.88. The third-order valence-corrected chi connectivity index (χ3v) is 6.31. The first kappa shape index (κ1) is 23.2. The summed E-state index contributed by atoms with van der Waals surface area (Å²) in [5, 5.41) is 3.41. The molecule has 0 radical (unpaired) electrons. The number of nitrogens with zero attached hydrogens (tertiary/aromatic N) is 2. The summed E-state index contributed by atoms with van der Waals surface area (Å²) in [7, 11) is 0. The van der Waals surface area contributed by atoms with Gasteiger partial charge in [-0.2, -0.15) is 0 Å². The Balaban J connectivity index is 1.34. The minimum atomic E-state index is -0.120. The van der Waals surface area contributed by atoms with Gasteiger partial charge in [-0.25, -0.2) is 4.98 Å². The quantitative estimate of drug-likeness (QED) is 0.316. The molecule has 0 fully saturated rings. The van der Waals surface area contributed by atoms with Crippen LogP contribution < -0.4 is 10.9 Å². The molecule has 5 rings (SSSR count). The maximum absolute atomic E-state index is 13.4. The fourth-order valence-corrected chi connectivity index (χ4v) is 4.34. The molecule has 0 spiro atoms. The van der Waals surface area contributed by atoms with E-state index in [1.807, 2.05) is 67.6 Å². The van der Waals surface area contributed by atoms with Gasteiger partial charge in [0.2, 0.25) is 5.91 Å². The van der Waals surface area contributed by atoms with Gasteiger partial charge in [-0.3, -0.25) is 14.2 Å².